The monoisotopic (exact) mass is 257 g/mol. The molecule has 1 aromatic rings. The lowest BCUT2D eigenvalue weighted by atomic mass is 10.1. The number of aliphatic hydroxyl groups is 1. The van der Waals surface area contributed by atoms with Crippen molar-refractivity contribution in [1.29, 1.82) is 0 Å². The van der Waals surface area contributed by atoms with Crippen LogP contribution in [0.3, 0.4) is 0 Å². The molecule has 17 heavy (non-hydrogen) atoms. The summed E-state index contributed by atoms with van der Waals surface area (Å²) in [7, 11) is 0. The van der Waals surface area contributed by atoms with Crippen LogP contribution in [0.15, 0.2) is 18.2 Å². The first kappa shape index (κ1) is 14.3. The second-order valence-corrected chi connectivity index (χ2v) is 5.27. The Hall–Kier alpha value is -0.770. The largest absolute Gasteiger partial charge is 0.506 e. The highest BCUT2D eigenvalue weighted by atomic mass is 35.5. The Morgan fingerprint density at radius 2 is 2.00 bits per heavy atom. The zero-order valence-corrected chi connectivity index (χ0v) is 11.3. The number of benzene rings is 1. The maximum Gasteiger partial charge on any atom is 0.138 e. The van der Waals surface area contributed by atoms with Gasteiger partial charge in [0.25, 0.3) is 0 Å². The summed E-state index contributed by atoms with van der Waals surface area (Å²) in [5.74, 6) is 0.128. The number of nitrogens with zero attached hydrogens (tertiary/aromatic N) is 1. The van der Waals surface area contributed by atoms with Crippen molar-refractivity contribution in [2.45, 2.75) is 32.9 Å². The molecule has 3 nitrogen and oxygen atoms in total. The van der Waals surface area contributed by atoms with Crippen LogP contribution in [-0.2, 0) is 6.54 Å². The van der Waals surface area contributed by atoms with E-state index in [-0.39, 0.29) is 5.75 Å². The Morgan fingerprint density at radius 1 is 1.35 bits per heavy atom. The Labute approximate surface area is 108 Å². The number of para-hydroxylation sites is 1. The van der Waals surface area contributed by atoms with Crippen LogP contribution in [0.2, 0.25) is 5.02 Å². The van der Waals surface area contributed by atoms with E-state index in [1.165, 1.54) is 0 Å². The van der Waals surface area contributed by atoms with Gasteiger partial charge in [-0.05, 0) is 26.5 Å². The lowest BCUT2D eigenvalue weighted by Crippen LogP contribution is -2.38. The van der Waals surface area contributed by atoms with Crippen molar-refractivity contribution in [3.63, 3.8) is 0 Å². The molecule has 0 spiro atoms. The van der Waals surface area contributed by atoms with Crippen LogP contribution in [0.5, 0.6) is 5.75 Å². The molecular formula is C13H20ClNO2. The highest BCUT2D eigenvalue weighted by Gasteiger charge is 2.18. The fourth-order valence-corrected chi connectivity index (χ4v) is 1.95. The Morgan fingerprint density at radius 3 is 2.53 bits per heavy atom. The second-order valence-electron chi connectivity index (χ2n) is 4.86. The first-order valence-electron chi connectivity index (χ1n) is 5.74. The number of likely N-dealkylation sites (N-methyl/N-ethyl adjacent to an activating group) is 1. The van der Waals surface area contributed by atoms with E-state index in [0.29, 0.717) is 18.1 Å². The topological polar surface area (TPSA) is 43.7 Å². The Bertz CT molecular complexity index is 374. The highest BCUT2D eigenvalue weighted by Crippen LogP contribution is 2.28. The van der Waals surface area contributed by atoms with Crippen LogP contribution in [0, 0.1) is 0 Å². The normalized spacial score (nSPS) is 12.1. The summed E-state index contributed by atoms with van der Waals surface area (Å²) in [5, 5.41) is 20.0. The van der Waals surface area contributed by atoms with Gasteiger partial charge < -0.3 is 10.2 Å². The maximum atomic E-state index is 9.82. The number of halogens is 1. The predicted molar refractivity (Wildman–Crippen MR) is 70.4 cm³/mol. The zero-order valence-electron chi connectivity index (χ0n) is 10.6. The van der Waals surface area contributed by atoms with E-state index in [1.807, 2.05) is 19.1 Å². The molecule has 1 aromatic carbocycles. The Balaban J connectivity index is 2.77. The van der Waals surface area contributed by atoms with Gasteiger partial charge in [-0.2, -0.15) is 0 Å². The minimum atomic E-state index is -0.746. The molecule has 0 aromatic heterocycles. The summed E-state index contributed by atoms with van der Waals surface area (Å²) in [6, 6.07) is 5.32. The van der Waals surface area contributed by atoms with E-state index in [9.17, 15) is 10.2 Å². The SMILES string of the molecule is CCN(Cc1cccc(Cl)c1O)CC(C)(C)O. The van der Waals surface area contributed by atoms with Gasteiger partial charge in [0.05, 0.1) is 10.6 Å². The molecule has 0 aliphatic heterocycles. The van der Waals surface area contributed by atoms with Gasteiger partial charge in [-0.1, -0.05) is 30.7 Å². The van der Waals surface area contributed by atoms with Gasteiger partial charge in [-0.15, -0.1) is 0 Å². The van der Waals surface area contributed by atoms with Crippen molar-refractivity contribution in [1.82, 2.24) is 4.90 Å². The average molecular weight is 258 g/mol. The van der Waals surface area contributed by atoms with E-state index in [2.05, 4.69) is 4.90 Å². The van der Waals surface area contributed by atoms with E-state index >= 15 is 0 Å². The lowest BCUT2D eigenvalue weighted by molar-refractivity contribution is 0.0351. The van der Waals surface area contributed by atoms with Gasteiger partial charge >= 0.3 is 0 Å². The lowest BCUT2D eigenvalue weighted by Gasteiger charge is -2.28. The van der Waals surface area contributed by atoms with Crippen LogP contribution in [-0.4, -0.2) is 33.8 Å². The van der Waals surface area contributed by atoms with Gasteiger partial charge in [0, 0.05) is 18.7 Å². The fourth-order valence-electron chi connectivity index (χ4n) is 1.76. The highest BCUT2D eigenvalue weighted by molar-refractivity contribution is 6.32. The average Bonchev–Trinajstić information content (AvgIpc) is 2.21. The summed E-state index contributed by atoms with van der Waals surface area (Å²) in [4.78, 5) is 2.06. The molecule has 0 saturated heterocycles. The fraction of sp³-hybridized carbons (Fsp3) is 0.538. The van der Waals surface area contributed by atoms with Gasteiger partial charge in [-0.25, -0.2) is 0 Å². The molecule has 2 N–H and O–H groups in total. The maximum absolute atomic E-state index is 9.82. The van der Waals surface area contributed by atoms with Crippen molar-refractivity contribution in [2.75, 3.05) is 13.1 Å². The molecule has 0 aliphatic carbocycles. The summed E-state index contributed by atoms with van der Waals surface area (Å²) in [5.41, 5.74) is 0.0353. The van der Waals surface area contributed by atoms with Gasteiger partial charge in [-0.3, -0.25) is 4.90 Å². The zero-order chi connectivity index (χ0) is 13.1. The third kappa shape index (κ3) is 4.54. The third-order valence-electron chi connectivity index (χ3n) is 2.52. The number of hydrogen-bond acceptors (Lipinski definition) is 3. The number of hydrogen-bond donors (Lipinski definition) is 2. The van der Waals surface area contributed by atoms with Crippen LogP contribution >= 0.6 is 11.6 Å². The number of rotatable bonds is 5. The molecule has 96 valence electrons. The molecule has 0 bridgehead atoms. The van der Waals surface area contributed by atoms with Crippen LogP contribution < -0.4 is 0 Å². The van der Waals surface area contributed by atoms with Gasteiger partial charge in [0.2, 0.25) is 0 Å². The molecule has 0 amide bonds. The van der Waals surface area contributed by atoms with E-state index in [4.69, 9.17) is 11.6 Å². The smallest absolute Gasteiger partial charge is 0.138 e. The summed E-state index contributed by atoms with van der Waals surface area (Å²) < 4.78 is 0. The first-order valence-corrected chi connectivity index (χ1v) is 6.12. The standard InChI is InChI=1S/C13H20ClNO2/c1-4-15(9-13(2,3)17)8-10-6-5-7-11(14)12(10)16/h5-7,16-17H,4,8-9H2,1-3H3. The van der Waals surface area contributed by atoms with Crippen molar-refractivity contribution < 1.29 is 10.2 Å². The van der Waals surface area contributed by atoms with Crippen molar-refractivity contribution in [3.05, 3.63) is 28.8 Å². The molecule has 0 saturated carbocycles. The van der Waals surface area contributed by atoms with Gasteiger partial charge in [0.15, 0.2) is 0 Å². The molecular weight excluding hydrogens is 238 g/mol. The summed E-state index contributed by atoms with van der Waals surface area (Å²) >= 11 is 5.86. The van der Waals surface area contributed by atoms with Crippen molar-refractivity contribution in [3.8, 4) is 5.75 Å². The molecule has 0 radical (unpaired) electrons. The van der Waals surface area contributed by atoms with E-state index in [0.717, 1.165) is 12.1 Å². The molecule has 0 fully saturated rings. The van der Waals surface area contributed by atoms with Gasteiger partial charge in [0.1, 0.15) is 5.75 Å². The van der Waals surface area contributed by atoms with Crippen LogP contribution in [0.1, 0.15) is 26.3 Å². The third-order valence-corrected chi connectivity index (χ3v) is 2.83. The summed E-state index contributed by atoms with van der Waals surface area (Å²) in [6.45, 7) is 7.49. The minimum Gasteiger partial charge on any atom is -0.506 e. The predicted octanol–water partition coefficient (Wildman–Crippen LogP) is 2.64. The quantitative estimate of drug-likeness (QED) is 0.852. The number of phenolic OH excluding ortho intramolecular Hbond substituents is 1. The molecule has 0 aliphatic rings. The van der Waals surface area contributed by atoms with Crippen LogP contribution in [0.25, 0.3) is 0 Å². The second kappa shape index (κ2) is 5.71. The van der Waals surface area contributed by atoms with Crippen molar-refractivity contribution in [2.24, 2.45) is 0 Å². The molecule has 4 heteroatoms. The summed E-state index contributed by atoms with van der Waals surface area (Å²) in [6.07, 6.45) is 0. The number of phenols is 1. The molecule has 0 heterocycles. The molecule has 0 unspecified atom stereocenters. The Kier molecular flexibility index (Phi) is 4.80. The minimum absolute atomic E-state index is 0.128. The molecule has 1 rings (SSSR count). The van der Waals surface area contributed by atoms with E-state index in [1.54, 1.807) is 19.9 Å². The van der Waals surface area contributed by atoms with Crippen LogP contribution in [0.4, 0.5) is 0 Å². The van der Waals surface area contributed by atoms with Crippen molar-refractivity contribution >= 4 is 11.6 Å². The van der Waals surface area contributed by atoms with E-state index < -0.39 is 5.60 Å². The molecule has 0 atom stereocenters. The number of aromatic hydroxyl groups is 1. The first-order chi connectivity index (χ1) is 7.83.